The van der Waals surface area contributed by atoms with Crippen molar-refractivity contribution in [2.24, 2.45) is 0 Å². The molecule has 0 heterocycles. The lowest BCUT2D eigenvalue weighted by Crippen LogP contribution is -2.40. The van der Waals surface area contributed by atoms with Crippen molar-refractivity contribution in [3.05, 3.63) is 33.9 Å². The molecule has 0 aliphatic heterocycles. The molecule has 0 bridgehead atoms. The van der Waals surface area contributed by atoms with Crippen molar-refractivity contribution < 1.29 is 18.9 Å². The fourth-order valence-electron chi connectivity index (χ4n) is 1.89. The lowest BCUT2D eigenvalue weighted by Gasteiger charge is -2.36. The normalized spacial score (nSPS) is 13.2. The zero-order chi connectivity index (χ0) is 19.4. The Morgan fingerprint density at radius 3 is 2.44 bits per heavy atom. The minimum Gasteiger partial charge on any atom is -0.467 e. The standard InChI is InChI=1S/C17H28N2O5Si/c1-12(16(20)23-5)18-14-9-8-13(10-15(14)19(21)22)11-24-25(6,7)17(2,3)4/h8-10,12,18H,11H2,1-7H3/t12-/m1/s1. The minimum atomic E-state index is -1.94. The molecule has 0 saturated heterocycles. The van der Waals surface area contributed by atoms with Crippen LogP contribution in [0, 0.1) is 10.1 Å². The molecule has 1 aromatic carbocycles. The van der Waals surface area contributed by atoms with E-state index in [1.54, 1.807) is 19.1 Å². The highest BCUT2D eigenvalue weighted by Crippen LogP contribution is 2.37. The summed E-state index contributed by atoms with van der Waals surface area (Å²) >= 11 is 0. The van der Waals surface area contributed by atoms with E-state index in [4.69, 9.17) is 4.43 Å². The van der Waals surface area contributed by atoms with Gasteiger partial charge in [0, 0.05) is 6.07 Å². The zero-order valence-electron chi connectivity index (χ0n) is 16.0. The predicted molar refractivity (Wildman–Crippen MR) is 100 cm³/mol. The van der Waals surface area contributed by atoms with Gasteiger partial charge in [0.15, 0.2) is 8.32 Å². The Morgan fingerprint density at radius 2 is 1.96 bits per heavy atom. The van der Waals surface area contributed by atoms with Crippen LogP contribution in [0.2, 0.25) is 18.1 Å². The molecule has 0 aromatic heterocycles. The van der Waals surface area contributed by atoms with Gasteiger partial charge in [-0.1, -0.05) is 26.8 Å². The topological polar surface area (TPSA) is 90.7 Å². The summed E-state index contributed by atoms with van der Waals surface area (Å²) in [4.78, 5) is 22.4. The number of rotatable bonds is 7. The van der Waals surface area contributed by atoms with Crippen LogP contribution in [-0.2, 0) is 20.6 Å². The summed E-state index contributed by atoms with van der Waals surface area (Å²) in [6.45, 7) is 12.6. The first-order valence-electron chi connectivity index (χ1n) is 8.14. The predicted octanol–water partition coefficient (Wildman–Crippen LogP) is 4.09. The Bertz CT molecular complexity index is 640. The highest BCUT2D eigenvalue weighted by molar-refractivity contribution is 6.74. The number of hydrogen-bond acceptors (Lipinski definition) is 6. The van der Waals surface area contributed by atoms with Crippen molar-refractivity contribution in [1.82, 2.24) is 0 Å². The molecule has 1 N–H and O–H groups in total. The second-order valence-electron chi connectivity index (χ2n) is 7.55. The molecule has 8 heteroatoms. The molecule has 0 radical (unpaired) electrons. The molecule has 0 saturated carbocycles. The summed E-state index contributed by atoms with van der Waals surface area (Å²) in [6, 6.07) is 4.17. The molecule has 1 atom stereocenters. The maximum Gasteiger partial charge on any atom is 0.327 e. The number of hydrogen-bond donors (Lipinski definition) is 1. The number of nitro groups is 1. The third-order valence-electron chi connectivity index (χ3n) is 4.59. The second-order valence-corrected chi connectivity index (χ2v) is 12.4. The van der Waals surface area contributed by atoms with Gasteiger partial charge in [-0.15, -0.1) is 0 Å². The summed E-state index contributed by atoms with van der Waals surface area (Å²) in [5, 5.41) is 14.3. The molecular formula is C17H28N2O5Si. The zero-order valence-corrected chi connectivity index (χ0v) is 17.0. The molecule has 1 aromatic rings. The number of nitrogens with zero attached hydrogens (tertiary/aromatic N) is 1. The first-order chi connectivity index (χ1) is 11.4. The first kappa shape index (κ1) is 21.1. The monoisotopic (exact) mass is 368 g/mol. The van der Waals surface area contributed by atoms with Crippen LogP contribution >= 0.6 is 0 Å². The number of esters is 1. The Hall–Kier alpha value is -1.93. The van der Waals surface area contributed by atoms with Gasteiger partial charge >= 0.3 is 5.97 Å². The van der Waals surface area contributed by atoms with Crippen LogP contribution < -0.4 is 5.32 Å². The van der Waals surface area contributed by atoms with Crippen LogP contribution in [0.25, 0.3) is 0 Å². The van der Waals surface area contributed by atoms with Gasteiger partial charge in [-0.2, -0.15) is 0 Å². The van der Waals surface area contributed by atoms with E-state index in [-0.39, 0.29) is 16.4 Å². The van der Waals surface area contributed by atoms with Gasteiger partial charge in [0.05, 0.1) is 18.6 Å². The maximum atomic E-state index is 11.5. The molecule has 0 unspecified atom stereocenters. The van der Waals surface area contributed by atoms with Crippen LogP contribution in [0.1, 0.15) is 33.3 Å². The number of ether oxygens (including phenoxy) is 1. The van der Waals surface area contributed by atoms with E-state index in [9.17, 15) is 14.9 Å². The number of carbonyl (C=O) groups is 1. The lowest BCUT2D eigenvalue weighted by molar-refractivity contribution is -0.384. The smallest absolute Gasteiger partial charge is 0.327 e. The summed E-state index contributed by atoms with van der Waals surface area (Å²) < 4.78 is 10.7. The van der Waals surface area contributed by atoms with Crippen molar-refractivity contribution in [1.29, 1.82) is 0 Å². The summed E-state index contributed by atoms with van der Waals surface area (Å²) in [7, 11) is -0.665. The molecule has 25 heavy (non-hydrogen) atoms. The van der Waals surface area contributed by atoms with Gasteiger partial charge in [0.1, 0.15) is 11.7 Å². The van der Waals surface area contributed by atoms with Gasteiger partial charge in [0.2, 0.25) is 0 Å². The first-order valence-corrected chi connectivity index (χ1v) is 11.1. The molecule has 0 spiro atoms. The van der Waals surface area contributed by atoms with Gasteiger partial charge in [-0.25, -0.2) is 4.79 Å². The second kappa shape index (κ2) is 7.96. The molecule has 0 aliphatic rings. The lowest BCUT2D eigenvalue weighted by atomic mass is 10.1. The molecular weight excluding hydrogens is 340 g/mol. The summed E-state index contributed by atoms with van der Waals surface area (Å²) in [5.41, 5.74) is 0.916. The van der Waals surface area contributed by atoms with Crippen molar-refractivity contribution in [2.45, 2.75) is 58.5 Å². The number of methoxy groups -OCH3 is 1. The number of nitrogens with one attached hydrogen (secondary N) is 1. The van der Waals surface area contributed by atoms with Gasteiger partial charge in [-0.3, -0.25) is 10.1 Å². The maximum absolute atomic E-state index is 11.5. The van der Waals surface area contributed by atoms with Crippen LogP contribution in [0.15, 0.2) is 18.2 Å². The average Bonchev–Trinajstić information content (AvgIpc) is 2.51. The number of benzene rings is 1. The van der Waals surface area contributed by atoms with Crippen molar-refractivity contribution in [2.75, 3.05) is 12.4 Å². The molecule has 7 nitrogen and oxygen atoms in total. The van der Waals surface area contributed by atoms with Gasteiger partial charge < -0.3 is 14.5 Å². The molecule has 1 rings (SSSR count). The molecule has 0 aliphatic carbocycles. The largest absolute Gasteiger partial charge is 0.467 e. The minimum absolute atomic E-state index is 0.0658. The molecule has 0 fully saturated rings. The van der Waals surface area contributed by atoms with E-state index in [2.05, 4.69) is 43.9 Å². The fraction of sp³-hybridized carbons (Fsp3) is 0.588. The number of anilines is 1. The fourth-order valence-corrected chi connectivity index (χ4v) is 2.85. The van der Waals surface area contributed by atoms with Crippen molar-refractivity contribution >= 4 is 25.7 Å². The van der Waals surface area contributed by atoms with Gasteiger partial charge in [0.25, 0.3) is 5.69 Å². The summed E-state index contributed by atoms with van der Waals surface area (Å²) in [5.74, 6) is -0.486. The van der Waals surface area contributed by atoms with Crippen molar-refractivity contribution in [3.63, 3.8) is 0 Å². The van der Waals surface area contributed by atoms with Gasteiger partial charge in [-0.05, 0) is 36.7 Å². The highest BCUT2D eigenvalue weighted by atomic mass is 28.4. The summed E-state index contributed by atoms with van der Waals surface area (Å²) in [6.07, 6.45) is 0. The van der Waals surface area contributed by atoms with E-state index >= 15 is 0 Å². The average molecular weight is 369 g/mol. The Labute approximate surface area is 150 Å². The quantitative estimate of drug-likeness (QED) is 0.337. The van der Waals surface area contributed by atoms with Crippen molar-refractivity contribution in [3.8, 4) is 0 Å². The highest BCUT2D eigenvalue weighted by Gasteiger charge is 2.37. The van der Waals surface area contributed by atoms with Crippen LogP contribution in [-0.4, -0.2) is 32.4 Å². The molecule has 140 valence electrons. The van der Waals surface area contributed by atoms with Crippen LogP contribution in [0.4, 0.5) is 11.4 Å². The van der Waals surface area contributed by atoms with Crippen LogP contribution in [0.3, 0.4) is 0 Å². The van der Waals surface area contributed by atoms with E-state index in [0.717, 1.165) is 5.56 Å². The van der Waals surface area contributed by atoms with E-state index in [1.165, 1.54) is 13.2 Å². The Balaban J connectivity index is 2.98. The van der Waals surface area contributed by atoms with E-state index in [0.29, 0.717) is 6.61 Å². The Morgan fingerprint density at radius 1 is 1.36 bits per heavy atom. The SMILES string of the molecule is COC(=O)[C@@H](C)Nc1ccc(CO[Si](C)(C)C(C)(C)C)cc1[N+](=O)[O-]. The Kier molecular flexibility index (Phi) is 6.73. The number of carbonyl (C=O) groups excluding carboxylic acids is 1. The third-order valence-corrected chi connectivity index (χ3v) is 9.07. The number of nitro benzene ring substituents is 1. The third kappa shape index (κ3) is 5.54. The molecule has 0 amide bonds. The van der Waals surface area contributed by atoms with E-state index < -0.39 is 25.3 Å². The van der Waals surface area contributed by atoms with E-state index in [1.807, 2.05) is 0 Å². The van der Waals surface area contributed by atoms with Crippen LogP contribution in [0.5, 0.6) is 0 Å².